The molecule has 0 saturated heterocycles. The van der Waals surface area contributed by atoms with E-state index >= 15 is 0 Å². The predicted molar refractivity (Wildman–Crippen MR) is 186 cm³/mol. The number of fused-ring (bicyclic) bond motifs is 7. The van der Waals surface area contributed by atoms with Crippen LogP contribution in [0.2, 0.25) is 0 Å². The zero-order valence-corrected chi connectivity index (χ0v) is 24.1. The van der Waals surface area contributed by atoms with Crippen molar-refractivity contribution >= 4 is 43.6 Å². The number of nitrogens with zero attached hydrogens (tertiary/aromatic N) is 2. The van der Waals surface area contributed by atoms with E-state index in [4.69, 9.17) is 0 Å². The summed E-state index contributed by atoms with van der Waals surface area (Å²) in [5.41, 5.74) is 12.0. The van der Waals surface area contributed by atoms with E-state index in [2.05, 4.69) is 179 Å². The van der Waals surface area contributed by atoms with Crippen LogP contribution in [0.5, 0.6) is 0 Å². The maximum Gasteiger partial charge on any atom is 0.0548 e. The van der Waals surface area contributed by atoms with Gasteiger partial charge in [-0.3, -0.25) is 0 Å². The summed E-state index contributed by atoms with van der Waals surface area (Å²) in [5.74, 6) is 0. The Morgan fingerprint density at radius 3 is 1.45 bits per heavy atom. The van der Waals surface area contributed by atoms with Crippen LogP contribution in [0.1, 0.15) is 0 Å². The van der Waals surface area contributed by atoms with Gasteiger partial charge in [0.2, 0.25) is 0 Å². The number of rotatable bonds is 4. The third-order valence-corrected chi connectivity index (χ3v) is 8.90. The van der Waals surface area contributed by atoms with Gasteiger partial charge in [0.05, 0.1) is 22.1 Å². The maximum absolute atomic E-state index is 2.43. The minimum atomic E-state index is 1.16. The average Bonchev–Trinajstić information content (AvgIpc) is 3.62. The Morgan fingerprint density at radius 2 is 0.750 bits per heavy atom. The van der Waals surface area contributed by atoms with Crippen LogP contribution in [0.25, 0.3) is 77.2 Å². The smallest absolute Gasteiger partial charge is 0.0548 e. The second kappa shape index (κ2) is 9.86. The van der Waals surface area contributed by atoms with E-state index in [1.807, 2.05) is 0 Å². The summed E-state index contributed by atoms with van der Waals surface area (Å²) in [4.78, 5) is 0. The fourth-order valence-corrected chi connectivity index (χ4v) is 6.97. The van der Waals surface area contributed by atoms with Crippen molar-refractivity contribution in [2.75, 3.05) is 0 Å². The highest BCUT2D eigenvalue weighted by molar-refractivity contribution is 6.29. The van der Waals surface area contributed by atoms with Crippen LogP contribution < -0.4 is 0 Å². The van der Waals surface area contributed by atoms with Crippen molar-refractivity contribution in [1.82, 2.24) is 9.13 Å². The summed E-state index contributed by atoms with van der Waals surface area (Å²) in [6.45, 7) is 0. The number of hydrogen-bond acceptors (Lipinski definition) is 0. The monoisotopic (exact) mass is 560 g/mol. The highest BCUT2D eigenvalue weighted by atomic mass is 15.0. The minimum Gasteiger partial charge on any atom is -0.309 e. The van der Waals surface area contributed by atoms with Gasteiger partial charge in [0.1, 0.15) is 0 Å². The van der Waals surface area contributed by atoms with Crippen LogP contribution >= 0.6 is 0 Å². The number of aromatic nitrogens is 2. The van der Waals surface area contributed by atoms with E-state index in [1.165, 1.54) is 71.6 Å². The molecule has 2 heteroatoms. The van der Waals surface area contributed by atoms with Crippen LogP contribution in [0, 0.1) is 0 Å². The quantitative estimate of drug-likeness (QED) is 0.203. The molecule has 2 aromatic heterocycles. The van der Waals surface area contributed by atoms with E-state index < -0.39 is 0 Å². The molecule has 0 fully saturated rings. The second-order valence-electron chi connectivity index (χ2n) is 11.4. The lowest BCUT2D eigenvalue weighted by molar-refractivity contribution is 1.17. The molecule has 2 nitrogen and oxygen atoms in total. The molecule has 0 radical (unpaired) electrons. The SMILES string of the molecule is c1ccc(-c2cccc(-n3c4ccccc4c4c5c6cc(-c7ccccc7)ccc6n(-c6ccccc6)c5ccc43)c2)cc1. The lowest BCUT2D eigenvalue weighted by atomic mass is 10.0. The molecular weight excluding hydrogens is 532 g/mol. The van der Waals surface area contributed by atoms with Crippen molar-refractivity contribution in [2.45, 2.75) is 0 Å². The van der Waals surface area contributed by atoms with Gasteiger partial charge in [-0.15, -0.1) is 0 Å². The molecule has 44 heavy (non-hydrogen) atoms. The number of hydrogen-bond donors (Lipinski definition) is 0. The summed E-state index contributed by atoms with van der Waals surface area (Å²) in [6.07, 6.45) is 0. The molecule has 0 spiro atoms. The van der Waals surface area contributed by atoms with Gasteiger partial charge in [0.25, 0.3) is 0 Å². The fourth-order valence-electron chi connectivity index (χ4n) is 6.97. The largest absolute Gasteiger partial charge is 0.309 e. The van der Waals surface area contributed by atoms with Crippen molar-refractivity contribution in [3.05, 3.63) is 170 Å². The first-order chi connectivity index (χ1) is 21.8. The van der Waals surface area contributed by atoms with E-state index in [0.717, 1.165) is 5.69 Å². The maximum atomic E-state index is 2.43. The van der Waals surface area contributed by atoms with Gasteiger partial charge in [-0.25, -0.2) is 0 Å². The lowest BCUT2D eigenvalue weighted by Crippen LogP contribution is -1.95. The Labute approximate surface area is 255 Å². The van der Waals surface area contributed by atoms with Gasteiger partial charge < -0.3 is 9.13 Å². The van der Waals surface area contributed by atoms with Gasteiger partial charge in [-0.1, -0.05) is 115 Å². The molecule has 0 bridgehead atoms. The van der Waals surface area contributed by atoms with Gasteiger partial charge in [0.15, 0.2) is 0 Å². The number of benzene rings is 7. The van der Waals surface area contributed by atoms with Crippen molar-refractivity contribution in [2.24, 2.45) is 0 Å². The van der Waals surface area contributed by atoms with Crippen LogP contribution in [0.4, 0.5) is 0 Å². The summed E-state index contributed by atoms with van der Waals surface area (Å²) in [6, 6.07) is 61.3. The summed E-state index contributed by atoms with van der Waals surface area (Å²) in [7, 11) is 0. The molecule has 0 aliphatic rings. The zero-order chi connectivity index (χ0) is 29.0. The molecule has 9 rings (SSSR count). The van der Waals surface area contributed by atoms with Crippen LogP contribution in [-0.4, -0.2) is 9.13 Å². The van der Waals surface area contributed by atoms with Crippen molar-refractivity contribution in [3.8, 4) is 33.6 Å². The van der Waals surface area contributed by atoms with E-state index in [-0.39, 0.29) is 0 Å². The summed E-state index contributed by atoms with van der Waals surface area (Å²) < 4.78 is 4.85. The van der Waals surface area contributed by atoms with Crippen molar-refractivity contribution in [3.63, 3.8) is 0 Å². The third kappa shape index (κ3) is 3.75. The number of para-hydroxylation sites is 2. The Kier molecular flexibility index (Phi) is 5.54. The van der Waals surface area contributed by atoms with E-state index in [1.54, 1.807) is 0 Å². The normalized spacial score (nSPS) is 11.6. The fraction of sp³-hybridized carbons (Fsp3) is 0. The Morgan fingerprint density at radius 1 is 0.273 bits per heavy atom. The van der Waals surface area contributed by atoms with Crippen molar-refractivity contribution in [1.29, 1.82) is 0 Å². The average molecular weight is 561 g/mol. The Balaban J connectivity index is 1.41. The van der Waals surface area contributed by atoms with Crippen LogP contribution in [0.15, 0.2) is 170 Å². The van der Waals surface area contributed by atoms with Crippen molar-refractivity contribution < 1.29 is 0 Å². The lowest BCUT2D eigenvalue weighted by Gasteiger charge is -2.11. The molecule has 0 atom stereocenters. The minimum absolute atomic E-state index is 1.16. The predicted octanol–water partition coefficient (Wildman–Crippen LogP) is 11.2. The van der Waals surface area contributed by atoms with Crippen LogP contribution in [-0.2, 0) is 0 Å². The molecule has 7 aromatic carbocycles. The third-order valence-electron chi connectivity index (χ3n) is 8.90. The van der Waals surface area contributed by atoms with Crippen LogP contribution in [0.3, 0.4) is 0 Å². The first kappa shape index (κ1) is 24.7. The highest BCUT2D eigenvalue weighted by Gasteiger charge is 2.21. The first-order valence-corrected chi connectivity index (χ1v) is 15.1. The first-order valence-electron chi connectivity index (χ1n) is 15.1. The summed E-state index contributed by atoms with van der Waals surface area (Å²) >= 11 is 0. The van der Waals surface area contributed by atoms with Gasteiger partial charge >= 0.3 is 0 Å². The molecule has 9 aromatic rings. The van der Waals surface area contributed by atoms with Gasteiger partial charge in [-0.2, -0.15) is 0 Å². The van der Waals surface area contributed by atoms with Gasteiger partial charge in [0, 0.05) is 32.9 Å². The molecule has 0 aliphatic heterocycles. The second-order valence-corrected chi connectivity index (χ2v) is 11.4. The molecule has 0 aliphatic carbocycles. The molecule has 0 saturated carbocycles. The highest BCUT2D eigenvalue weighted by Crippen LogP contribution is 2.43. The molecule has 0 unspecified atom stereocenters. The molecule has 2 heterocycles. The topological polar surface area (TPSA) is 9.86 Å². The summed E-state index contributed by atoms with van der Waals surface area (Å²) in [5, 5.41) is 5.09. The molecule has 206 valence electrons. The Bertz CT molecular complexity index is 2470. The molecule has 0 amide bonds. The van der Waals surface area contributed by atoms with Gasteiger partial charge in [-0.05, 0) is 76.9 Å². The molecule has 0 N–H and O–H groups in total. The standard InChI is InChI=1S/C42H28N2/c1-4-13-29(14-5-1)31-17-12-20-34(27-31)44-37-22-11-10-21-35(37)41-39(44)25-26-40-42(41)36-28-32(30-15-6-2-7-16-30)23-24-38(36)43(40)33-18-8-3-9-19-33/h1-28H. The zero-order valence-electron chi connectivity index (χ0n) is 24.1. The van der Waals surface area contributed by atoms with E-state index in [9.17, 15) is 0 Å². The molecular formula is C42H28N2. The van der Waals surface area contributed by atoms with E-state index in [0.29, 0.717) is 0 Å². The Hall–Kier alpha value is -5.86.